The number of ether oxygens (including phenoxy) is 2. The summed E-state index contributed by atoms with van der Waals surface area (Å²) in [5.41, 5.74) is 0.731. The summed E-state index contributed by atoms with van der Waals surface area (Å²) in [5, 5.41) is 10.0. The number of hydrogen-bond donors (Lipinski definition) is 1. The molecule has 2 aromatic carbocycles. The van der Waals surface area contributed by atoms with Crippen LogP contribution in [-0.2, 0) is 14.3 Å². The molecule has 0 aromatic heterocycles. The number of aliphatic hydroxyl groups excluding tert-OH is 1. The van der Waals surface area contributed by atoms with Gasteiger partial charge in [0.15, 0.2) is 6.10 Å². The average Bonchev–Trinajstić information content (AvgIpc) is 2.57. The number of thioether (sulfide) groups is 1. The van der Waals surface area contributed by atoms with Crippen molar-refractivity contribution in [2.24, 2.45) is 0 Å². The third-order valence-corrected chi connectivity index (χ3v) is 3.93. The van der Waals surface area contributed by atoms with E-state index in [9.17, 15) is 9.90 Å². The van der Waals surface area contributed by atoms with Crippen LogP contribution in [0, 0.1) is 0 Å². The van der Waals surface area contributed by atoms with Crippen molar-refractivity contribution in [3.05, 3.63) is 66.2 Å². The van der Waals surface area contributed by atoms with Gasteiger partial charge in [-0.1, -0.05) is 48.5 Å². The van der Waals surface area contributed by atoms with Crippen LogP contribution in [0.15, 0.2) is 65.6 Å². The first kappa shape index (κ1) is 16.7. The van der Waals surface area contributed by atoms with Crippen molar-refractivity contribution in [3.63, 3.8) is 0 Å². The van der Waals surface area contributed by atoms with Gasteiger partial charge in [-0.05, 0) is 29.5 Å². The Morgan fingerprint density at radius 2 is 1.68 bits per heavy atom. The zero-order chi connectivity index (χ0) is 15.8. The molecule has 5 heteroatoms. The molecular formula is C17H18O4S. The van der Waals surface area contributed by atoms with E-state index >= 15 is 0 Å². The second kappa shape index (κ2) is 8.70. The number of benzene rings is 2. The quantitative estimate of drug-likeness (QED) is 0.628. The molecule has 1 N–H and O–H groups in total. The monoisotopic (exact) mass is 318 g/mol. The molecule has 2 rings (SSSR count). The van der Waals surface area contributed by atoms with E-state index in [1.807, 2.05) is 60.7 Å². The molecule has 0 saturated carbocycles. The molecule has 0 heterocycles. The lowest BCUT2D eigenvalue weighted by Gasteiger charge is -2.22. The fraction of sp³-hybridized carbons (Fsp3) is 0.235. The van der Waals surface area contributed by atoms with Crippen molar-refractivity contribution in [2.75, 3.05) is 13.9 Å². The molecule has 4 nitrogen and oxygen atoms in total. The highest BCUT2D eigenvalue weighted by molar-refractivity contribution is 8.13. The first-order chi connectivity index (χ1) is 10.7. The second-order valence-corrected chi connectivity index (χ2v) is 5.66. The van der Waals surface area contributed by atoms with Crippen molar-refractivity contribution in [1.29, 1.82) is 0 Å². The summed E-state index contributed by atoms with van der Waals surface area (Å²) in [7, 11) is 1.50. The molecular weight excluding hydrogens is 300 g/mol. The van der Waals surface area contributed by atoms with E-state index < -0.39 is 12.2 Å². The van der Waals surface area contributed by atoms with E-state index in [1.54, 1.807) is 0 Å². The number of rotatable bonds is 7. The van der Waals surface area contributed by atoms with E-state index in [4.69, 9.17) is 9.47 Å². The molecule has 116 valence electrons. The zero-order valence-electron chi connectivity index (χ0n) is 12.2. The van der Waals surface area contributed by atoms with E-state index in [0.717, 1.165) is 22.2 Å². The molecule has 0 spiro atoms. The molecule has 0 bridgehead atoms. The van der Waals surface area contributed by atoms with Gasteiger partial charge in [-0.25, -0.2) is 0 Å². The molecule has 0 unspecified atom stereocenters. The Kier molecular flexibility index (Phi) is 6.61. The predicted molar refractivity (Wildman–Crippen MR) is 85.5 cm³/mol. The highest BCUT2D eigenvalue weighted by Crippen LogP contribution is 2.28. The number of aliphatic hydroxyl groups is 1. The van der Waals surface area contributed by atoms with E-state index in [1.165, 1.54) is 7.11 Å². The van der Waals surface area contributed by atoms with Gasteiger partial charge >= 0.3 is 0 Å². The molecule has 0 saturated heterocycles. The van der Waals surface area contributed by atoms with Crippen LogP contribution >= 0.6 is 11.8 Å². The number of carbonyl (C=O) groups excluding carboxylic acids is 1. The summed E-state index contributed by atoms with van der Waals surface area (Å²) in [6.07, 6.45) is -2.03. The minimum absolute atomic E-state index is 0.0000946. The van der Waals surface area contributed by atoms with Gasteiger partial charge in [0.1, 0.15) is 12.9 Å². The molecule has 0 aliphatic carbocycles. The largest absolute Gasteiger partial charge is 0.381 e. The Bertz CT molecular complexity index is 574. The molecule has 0 aliphatic rings. The summed E-state index contributed by atoms with van der Waals surface area (Å²) in [6, 6.07) is 18.4. The van der Waals surface area contributed by atoms with Crippen LogP contribution in [0.5, 0.6) is 0 Å². The lowest BCUT2D eigenvalue weighted by Crippen LogP contribution is -2.28. The molecule has 0 fully saturated rings. The lowest BCUT2D eigenvalue weighted by molar-refractivity contribution is -0.139. The van der Waals surface area contributed by atoms with Gasteiger partial charge in [-0.2, -0.15) is 0 Å². The van der Waals surface area contributed by atoms with Crippen molar-refractivity contribution < 1.29 is 19.4 Å². The Labute approximate surface area is 134 Å². The Morgan fingerprint density at radius 1 is 1.09 bits per heavy atom. The fourth-order valence-corrected chi connectivity index (χ4v) is 2.71. The molecule has 0 amide bonds. The van der Waals surface area contributed by atoms with Crippen molar-refractivity contribution in [3.8, 4) is 0 Å². The predicted octanol–water partition coefficient (Wildman–Crippen LogP) is 3.03. The minimum Gasteiger partial charge on any atom is -0.381 e. The Hall–Kier alpha value is -1.66. The van der Waals surface area contributed by atoms with Crippen molar-refractivity contribution >= 4 is 16.9 Å². The van der Waals surface area contributed by atoms with E-state index in [2.05, 4.69) is 0 Å². The summed E-state index contributed by atoms with van der Waals surface area (Å²) in [4.78, 5) is 13.1. The Balaban J connectivity index is 2.10. The average molecular weight is 318 g/mol. The first-order valence-electron chi connectivity index (χ1n) is 6.82. The molecule has 0 radical (unpaired) electrons. The van der Waals surface area contributed by atoms with Crippen molar-refractivity contribution in [1.82, 2.24) is 0 Å². The van der Waals surface area contributed by atoms with Gasteiger partial charge in [-0.15, -0.1) is 0 Å². The maximum absolute atomic E-state index is 12.3. The second-order valence-electron chi connectivity index (χ2n) is 4.58. The van der Waals surface area contributed by atoms with E-state index in [0.29, 0.717) is 0 Å². The number of methoxy groups -OCH3 is 1. The lowest BCUT2D eigenvalue weighted by atomic mass is 10.1. The van der Waals surface area contributed by atoms with Gasteiger partial charge in [0.2, 0.25) is 5.12 Å². The van der Waals surface area contributed by atoms with Gasteiger partial charge in [0, 0.05) is 12.0 Å². The summed E-state index contributed by atoms with van der Waals surface area (Å²) in [5.74, 6) is 0. The fourth-order valence-electron chi connectivity index (χ4n) is 1.94. The van der Waals surface area contributed by atoms with Gasteiger partial charge in [0.05, 0.1) is 0 Å². The van der Waals surface area contributed by atoms with Crippen LogP contribution in [0.2, 0.25) is 0 Å². The molecule has 0 aliphatic heterocycles. The number of carbonyl (C=O) groups is 1. The topological polar surface area (TPSA) is 55.8 Å². The van der Waals surface area contributed by atoms with Crippen LogP contribution in [0.3, 0.4) is 0 Å². The van der Waals surface area contributed by atoms with Crippen LogP contribution in [0.1, 0.15) is 11.7 Å². The summed E-state index contributed by atoms with van der Waals surface area (Å²) in [6.45, 7) is -0.0000946. The maximum atomic E-state index is 12.3. The van der Waals surface area contributed by atoms with Crippen LogP contribution in [0.25, 0.3) is 0 Å². The smallest absolute Gasteiger partial charge is 0.225 e. The first-order valence-corrected chi connectivity index (χ1v) is 7.64. The zero-order valence-corrected chi connectivity index (χ0v) is 13.0. The van der Waals surface area contributed by atoms with Crippen LogP contribution in [-0.4, -0.2) is 30.2 Å². The molecule has 2 atom stereocenters. The molecule has 22 heavy (non-hydrogen) atoms. The standard InChI is InChI=1S/C17H18O4S/c1-20-12-21-16(13-8-4-2-5-9-13)15(18)17(19)22-14-10-6-3-7-11-14/h2-11,15-16,18H,12H2,1H3/t15-,16+/m1/s1. The maximum Gasteiger partial charge on any atom is 0.225 e. The SMILES string of the molecule is COCO[C@@H](c1ccccc1)[C@@H](O)C(=O)Sc1ccccc1. The molecule has 2 aromatic rings. The summed E-state index contributed by atoms with van der Waals surface area (Å²) >= 11 is 0.998. The highest BCUT2D eigenvalue weighted by Gasteiger charge is 2.29. The normalized spacial score (nSPS) is 13.5. The van der Waals surface area contributed by atoms with Crippen molar-refractivity contribution in [2.45, 2.75) is 17.1 Å². The van der Waals surface area contributed by atoms with Gasteiger partial charge in [0.25, 0.3) is 0 Å². The third-order valence-electron chi connectivity index (χ3n) is 2.98. The highest BCUT2D eigenvalue weighted by atomic mass is 32.2. The van der Waals surface area contributed by atoms with E-state index in [-0.39, 0.29) is 11.9 Å². The van der Waals surface area contributed by atoms with Crippen LogP contribution in [0.4, 0.5) is 0 Å². The number of hydrogen-bond acceptors (Lipinski definition) is 5. The minimum atomic E-state index is -1.28. The van der Waals surface area contributed by atoms with Crippen LogP contribution < -0.4 is 0 Å². The third kappa shape index (κ3) is 4.68. The van der Waals surface area contributed by atoms with Gasteiger partial charge in [-0.3, -0.25) is 4.79 Å². The van der Waals surface area contributed by atoms with Gasteiger partial charge < -0.3 is 14.6 Å². The summed E-state index contributed by atoms with van der Waals surface area (Å²) < 4.78 is 10.4. The Morgan fingerprint density at radius 3 is 2.27 bits per heavy atom.